The maximum atomic E-state index is 12.4. The van der Waals surface area contributed by atoms with Crippen molar-refractivity contribution in [3.8, 4) is 0 Å². The SMILES string of the molecule is C=C1CCC[C@@]2(C)CC[C@@H](C(C)(C)O[C@H]3O[C@@H](C)[C@@H](O)[C@@H](O)[C@@H]3OC(=O)/C(C)=C/C)C[C@@H]12. The van der Waals surface area contributed by atoms with Gasteiger partial charge in [-0.2, -0.15) is 0 Å². The fourth-order valence-corrected chi connectivity index (χ4v) is 5.80. The number of carbonyl (C=O) groups is 1. The van der Waals surface area contributed by atoms with E-state index >= 15 is 0 Å². The van der Waals surface area contributed by atoms with Gasteiger partial charge in [0.2, 0.25) is 0 Å². The van der Waals surface area contributed by atoms with E-state index in [0.29, 0.717) is 16.9 Å². The Morgan fingerprint density at radius 3 is 2.62 bits per heavy atom. The molecule has 0 aromatic heterocycles. The molecule has 0 radical (unpaired) electrons. The van der Waals surface area contributed by atoms with Gasteiger partial charge in [-0.15, -0.1) is 0 Å². The van der Waals surface area contributed by atoms with Crippen molar-refractivity contribution in [2.24, 2.45) is 17.3 Å². The first-order valence-electron chi connectivity index (χ1n) is 12.1. The summed E-state index contributed by atoms with van der Waals surface area (Å²) in [6.07, 6.45) is 3.24. The Kier molecular flexibility index (Phi) is 7.60. The van der Waals surface area contributed by atoms with Crippen molar-refractivity contribution in [1.82, 2.24) is 0 Å². The molecule has 8 atom stereocenters. The topological polar surface area (TPSA) is 85.2 Å². The van der Waals surface area contributed by atoms with Gasteiger partial charge in [-0.3, -0.25) is 0 Å². The number of ether oxygens (including phenoxy) is 3. The van der Waals surface area contributed by atoms with Crippen LogP contribution in [0, 0.1) is 17.3 Å². The fraction of sp³-hybridized carbons (Fsp3) is 0.808. The van der Waals surface area contributed by atoms with Crippen LogP contribution >= 0.6 is 0 Å². The Labute approximate surface area is 193 Å². The van der Waals surface area contributed by atoms with Crippen LogP contribution in [0.4, 0.5) is 0 Å². The van der Waals surface area contributed by atoms with Crippen LogP contribution in [0.3, 0.4) is 0 Å². The summed E-state index contributed by atoms with van der Waals surface area (Å²) >= 11 is 0. The van der Waals surface area contributed by atoms with E-state index in [9.17, 15) is 15.0 Å². The molecule has 0 unspecified atom stereocenters. The van der Waals surface area contributed by atoms with E-state index in [2.05, 4.69) is 13.5 Å². The Bertz CT molecular complexity index is 743. The van der Waals surface area contributed by atoms with Gasteiger partial charge in [0.05, 0.1) is 11.7 Å². The van der Waals surface area contributed by atoms with E-state index in [1.807, 2.05) is 13.8 Å². The highest BCUT2D eigenvalue weighted by atomic mass is 16.7. The zero-order chi connectivity index (χ0) is 23.8. The summed E-state index contributed by atoms with van der Waals surface area (Å²) in [5.41, 5.74) is 1.53. The summed E-state index contributed by atoms with van der Waals surface area (Å²) in [4.78, 5) is 12.4. The van der Waals surface area contributed by atoms with Gasteiger partial charge < -0.3 is 24.4 Å². The van der Waals surface area contributed by atoms with Crippen molar-refractivity contribution in [3.63, 3.8) is 0 Å². The van der Waals surface area contributed by atoms with Crippen LogP contribution in [0.1, 0.15) is 80.1 Å². The second-order valence-corrected chi connectivity index (χ2v) is 10.9. The van der Waals surface area contributed by atoms with Crippen LogP contribution in [0.15, 0.2) is 23.8 Å². The van der Waals surface area contributed by atoms with Crippen LogP contribution in [-0.2, 0) is 19.0 Å². The maximum absolute atomic E-state index is 12.4. The average Bonchev–Trinajstić information content (AvgIpc) is 2.73. The molecule has 0 aromatic rings. The number of aliphatic hydroxyl groups excluding tert-OH is 2. The van der Waals surface area contributed by atoms with Crippen LogP contribution < -0.4 is 0 Å². The first-order chi connectivity index (χ1) is 14.9. The van der Waals surface area contributed by atoms with Gasteiger partial charge >= 0.3 is 5.97 Å². The van der Waals surface area contributed by atoms with Crippen molar-refractivity contribution in [2.45, 2.75) is 116 Å². The van der Waals surface area contributed by atoms with Gasteiger partial charge in [0.25, 0.3) is 0 Å². The molecule has 0 amide bonds. The highest BCUT2D eigenvalue weighted by molar-refractivity contribution is 5.87. The Hall–Kier alpha value is -1.21. The molecule has 32 heavy (non-hydrogen) atoms. The van der Waals surface area contributed by atoms with Crippen molar-refractivity contribution < 1.29 is 29.2 Å². The smallest absolute Gasteiger partial charge is 0.333 e. The van der Waals surface area contributed by atoms with Gasteiger partial charge in [-0.25, -0.2) is 4.79 Å². The first kappa shape index (κ1) is 25.4. The van der Waals surface area contributed by atoms with Crippen LogP contribution in [0.2, 0.25) is 0 Å². The first-order valence-corrected chi connectivity index (χ1v) is 12.1. The van der Waals surface area contributed by atoms with Gasteiger partial charge in [0, 0.05) is 5.57 Å². The number of rotatable bonds is 5. The summed E-state index contributed by atoms with van der Waals surface area (Å²) < 4.78 is 17.9. The standard InChI is InChI=1S/C26H42O6/c1-8-15(2)23(29)31-22-21(28)20(27)17(4)30-24(22)32-25(5,6)18-11-13-26(7)12-9-10-16(3)19(26)14-18/h8,17-22,24,27-28H,3,9-14H2,1-2,4-7H3/b15-8+/t17-,18+,19-,20+,21+,22-,24+,26-/m0/s1. The molecule has 1 heterocycles. The van der Waals surface area contributed by atoms with Crippen LogP contribution in [0.5, 0.6) is 0 Å². The molecule has 1 saturated heterocycles. The molecule has 0 bridgehead atoms. The van der Waals surface area contributed by atoms with Crippen molar-refractivity contribution in [3.05, 3.63) is 23.8 Å². The lowest BCUT2D eigenvalue weighted by Gasteiger charge is -2.52. The lowest BCUT2D eigenvalue weighted by Crippen LogP contribution is -2.61. The van der Waals surface area contributed by atoms with E-state index < -0.39 is 42.3 Å². The van der Waals surface area contributed by atoms with Crippen LogP contribution in [0.25, 0.3) is 0 Å². The number of hydrogen-bond donors (Lipinski definition) is 2. The molecule has 0 aromatic carbocycles. The minimum atomic E-state index is -1.29. The monoisotopic (exact) mass is 450 g/mol. The molecule has 2 saturated carbocycles. The lowest BCUT2D eigenvalue weighted by atomic mass is 9.55. The van der Waals surface area contributed by atoms with E-state index in [-0.39, 0.29) is 5.92 Å². The lowest BCUT2D eigenvalue weighted by molar-refractivity contribution is -0.325. The third-order valence-electron chi connectivity index (χ3n) is 8.35. The third kappa shape index (κ3) is 4.98. The summed E-state index contributed by atoms with van der Waals surface area (Å²) in [5, 5.41) is 21.0. The quantitative estimate of drug-likeness (QED) is 0.369. The number of carbonyl (C=O) groups excluding carboxylic acids is 1. The Morgan fingerprint density at radius 2 is 1.97 bits per heavy atom. The van der Waals surface area contributed by atoms with Gasteiger partial charge in [0.15, 0.2) is 12.4 Å². The molecule has 182 valence electrons. The molecule has 3 fully saturated rings. The minimum Gasteiger partial charge on any atom is -0.451 e. The molecule has 1 aliphatic heterocycles. The number of allylic oxidation sites excluding steroid dienone is 2. The second-order valence-electron chi connectivity index (χ2n) is 10.9. The molecule has 6 heteroatoms. The summed E-state index contributed by atoms with van der Waals surface area (Å²) in [6, 6.07) is 0. The maximum Gasteiger partial charge on any atom is 0.333 e. The number of esters is 1. The average molecular weight is 451 g/mol. The number of hydrogen-bond acceptors (Lipinski definition) is 6. The van der Waals surface area contributed by atoms with E-state index in [1.54, 1.807) is 26.8 Å². The third-order valence-corrected chi connectivity index (χ3v) is 8.35. The fourth-order valence-electron chi connectivity index (χ4n) is 5.80. The van der Waals surface area contributed by atoms with Crippen molar-refractivity contribution >= 4 is 5.97 Å². The summed E-state index contributed by atoms with van der Waals surface area (Å²) in [6.45, 7) is 16.0. The zero-order valence-electron chi connectivity index (χ0n) is 20.6. The molecule has 2 N–H and O–H groups in total. The predicted molar refractivity (Wildman–Crippen MR) is 123 cm³/mol. The molecule has 0 spiro atoms. The minimum absolute atomic E-state index is 0.284. The molecular weight excluding hydrogens is 408 g/mol. The number of fused-ring (bicyclic) bond motifs is 1. The second kappa shape index (κ2) is 9.57. The number of aliphatic hydroxyl groups is 2. The molecule has 2 aliphatic carbocycles. The van der Waals surface area contributed by atoms with Crippen molar-refractivity contribution in [1.29, 1.82) is 0 Å². The highest BCUT2D eigenvalue weighted by Crippen LogP contribution is 2.55. The van der Waals surface area contributed by atoms with Gasteiger partial charge in [-0.05, 0) is 90.4 Å². The zero-order valence-corrected chi connectivity index (χ0v) is 20.6. The molecular formula is C26H42O6. The molecule has 3 aliphatic rings. The van der Waals surface area contributed by atoms with E-state index in [1.165, 1.54) is 18.4 Å². The Morgan fingerprint density at radius 1 is 1.28 bits per heavy atom. The summed E-state index contributed by atoms with van der Waals surface area (Å²) in [7, 11) is 0. The normalized spacial score (nSPS) is 41.2. The van der Waals surface area contributed by atoms with E-state index in [0.717, 1.165) is 25.7 Å². The largest absolute Gasteiger partial charge is 0.451 e. The van der Waals surface area contributed by atoms with Crippen molar-refractivity contribution in [2.75, 3.05) is 0 Å². The van der Waals surface area contributed by atoms with Gasteiger partial charge in [0.1, 0.15) is 12.2 Å². The molecule has 6 nitrogen and oxygen atoms in total. The van der Waals surface area contributed by atoms with E-state index in [4.69, 9.17) is 14.2 Å². The van der Waals surface area contributed by atoms with Crippen LogP contribution in [-0.4, -0.2) is 52.5 Å². The highest BCUT2D eigenvalue weighted by Gasteiger charge is 2.51. The summed E-state index contributed by atoms with van der Waals surface area (Å²) in [5.74, 6) is 0.217. The van der Waals surface area contributed by atoms with Gasteiger partial charge in [-0.1, -0.05) is 25.2 Å². The predicted octanol–water partition coefficient (Wildman–Crippen LogP) is 4.29. The molecule has 3 rings (SSSR count). The Balaban J connectivity index is 1.77.